The Labute approximate surface area is 137 Å². The first-order valence-electron chi connectivity index (χ1n) is 7.31. The van der Waals surface area contributed by atoms with Crippen LogP contribution in [-0.4, -0.2) is 62.5 Å². The van der Waals surface area contributed by atoms with Crippen molar-refractivity contribution < 1.29 is 19.7 Å². The summed E-state index contributed by atoms with van der Waals surface area (Å²) in [6, 6.07) is 0. The first kappa shape index (κ1) is 16.6. The van der Waals surface area contributed by atoms with Gasteiger partial charge in [-0.05, 0) is 6.92 Å². The zero-order valence-corrected chi connectivity index (χ0v) is 13.3. The number of hydrazone groups is 1. The molecule has 1 fully saturated rings. The van der Waals surface area contributed by atoms with E-state index in [0.717, 1.165) is 0 Å². The van der Waals surface area contributed by atoms with Crippen molar-refractivity contribution in [2.75, 3.05) is 19.5 Å². The van der Waals surface area contributed by atoms with Crippen LogP contribution in [0.5, 0.6) is 0 Å². The number of ether oxygens (including phenoxy) is 2. The van der Waals surface area contributed by atoms with Gasteiger partial charge in [-0.15, -0.1) is 0 Å². The number of nitrogen functional groups attached to an aromatic ring is 1. The number of fused-ring (bicyclic) bond motifs is 1. The highest BCUT2D eigenvalue weighted by molar-refractivity contribution is 6.02. The number of aliphatic hydroxyl groups excluding tert-OH is 2. The van der Waals surface area contributed by atoms with Crippen LogP contribution < -0.4 is 11.6 Å². The van der Waals surface area contributed by atoms with Gasteiger partial charge in [0.1, 0.15) is 35.6 Å². The first-order chi connectivity index (χ1) is 11.5. The molecule has 3 heterocycles. The van der Waals surface area contributed by atoms with E-state index in [0.29, 0.717) is 16.6 Å². The van der Waals surface area contributed by atoms with Gasteiger partial charge < -0.3 is 35.8 Å². The fourth-order valence-electron chi connectivity index (χ4n) is 3.09. The van der Waals surface area contributed by atoms with Crippen molar-refractivity contribution in [3.63, 3.8) is 0 Å². The molecule has 0 unspecified atom stereocenters. The molecule has 0 spiro atoms. The molecular weight excluding hydrogens is 316 g/mol. The Morgan fingerprint density at radius 3 is 2.92 bits per heavy atom. The van der Waals surface area contributed by atoms with Gasteiger partial charge in [0.05, 0.1) is 18.2 Å². The lowest BCUT2D eigenvalue weighted by Crippen LogP contribution is -2.46. The maximum atomic E-state index is 10.4. The Morgan fingerprint density at radius 2 is 2.29 bits per heavy atom. The molecule has 4 atom stereocenters. The highest BCUT2D eigenvalue weighted by Gasteiger charge is 2.54. The Kier molecular flexibility index (Phi) is 4.13. The third-order valence-electron chi connectivity index (χ3n) is 4.49. The van der Waals surface area contributed by atoms with Gasteiger partial charge in [0.2, 0.25) is 0 Å². The summed E-state index contributed by atoms with van der Waals surface area (Å²) in [6.45, 7) is 1.36. The molecule has 130 valence electrons. The lowest BCUT2D eigenvalue weighted by molar-refractivity contribution is -0.118. The van der Waals surface area contributed by atoms with Crippen molar-refractivity contribution in [3.05, 3.63) is 18.1 Å². The van der Waals surface area contributed by atoms with E-state index in [2.05, 4.69) is 15.1 Å². The summed E-state index contributed by atoms with van der Waals surface area (Å²) in [6.07, 6.45) is 1.89. The topological polar surface area (TPSA) is 154 Å². The van der Waals surface area contributed by atoms with E-state index in [9.17, 15) is 10.2 Å². The molecule has 10 heteroatoms. The molecule has 0 saturated carbocycles. The van der Waals surface area contributed by atoms with Crippen LogP contribution in [0.25, 0.3) is 11.0 Å². The van der Waals surface area contributed by atoms with Gasteiger partial charge in [0.25, 0.3) is 0 Å². The molecular formula is C14H20N6O4. The molecule has 2 aromatic rings. The van der Waals surface area contributed by atoms with Gasteiger partial charge in [-0.2, -0.15) is 5.10 Å². The molecule has 10 nitrogen and oxygen atoms in total. The molecule has 0 aliphatic carbocycles. The minimum Gasteiger partial charge on any atom is -0.394 e. The van der Waals surface area contributed by atoms with Crippen molar-refractivity contribution in [3.8, 4) is 0 Å². The average Bonchev–Trinajstić information content (AvgIpc) is 3.06. The first-order valence-corrected chi connectivity index (χ1v) is 7.31. The minimum absolute atomic E-state index is 0.269. The van der Waals surface area contributed by atoms with Gasteiger partial charge in [-0.25, -0.2) is 9.97 Å². The molecule has 1 aliphatic rings. The van der Waals surface area contributed by atoms with Crippen molar-refractivity contribution in [2.45, 2.75) is 31.0 Å². The van der Waals surface area contributed by atoms with Crippen LogP contribution in [0.3, 0.4) is 0 Å². The van der Waals surface area contributed by atoms with E-state index < -0.39 is 24.0 Å². The van der Waals surface area contributed by atoms with Crippen LogP contribution in [-0.2, 0) is 9.47 Å². The molecule has 2 aromatic heterocycles. The van der Waals surface area contributed by atoms with Crippen LogP contribution in [0.15, 0.2) is 17.6 Å². The third-order valence-corrected chi connectivity index (χ3v) is 4.49. The summed E-state index contributed by atoms with van der Waals surface area (Å²) in [4.78, 5) is 8.24. The number of nitrogens with zero attached hydrogens (tertiary/aromatic N) is 4. The van der Waals surface area contributed by atoms with E-state index >= 15 is 0 Å². The Bertz CT molecular complexity index is 778. The zero-order chi connectivity index (χ0) is 17.5. The van der Waals surface area contributed by atoms with Crippen LogP contribution in [0.1, 0.15) is 18.7 Å². The third kappa shape index (κ3) is 2.23. The fraction of sp³-hybridized carbons (Fsp3) is 0.500. The lowest BCUT2D eigenvalue weighted by atomic mass is 9.96. The molecule has 1 aliphatic heterocycles. The van der Waals surface area contributed by atoms with Crippen molar-refractivity contribution in [1.82, 2.24) is 14.5 Å². The number of aromatic nitrogens is 3. The quantitative estimate of drug-likeness (QED) is 0.314. The second-order valence-electron chi connectivity index (χ2n) is 5.77. The lowest BCUT2D eigenvalue weighted by Gasteiger charge is -2.31. The number of anilines is 1. The molecule has 6 N–H and O–H groups in total. The number of rotatable bonds is 4. The van der Waals surface area contributed by atoms with E-state index in [-0.39, 0.29) is 12.4 Å². The predicted octanol–water partition coefficient (Wildman–Crippen LogP) is -1.04. The summed E-state index contributed by atoms with van der Waals surface area (Å²) in [5, 5.41) is 24.0. The van der Waals surface area contributed by atoms with E-state index in [4.69, 9.17) is 21.1 Å². The van der Waals surface area contributed by atoms with Gasteiger partial charge in [0, 0.05) is 18.9 Å². The average molecular weight is 336 g/mol. The Hall–Kier alpha value is -2.27. The summed E-state index contributed by atoms with van der Waals surface area (Å²) < 4.78 is 13.0. The normalized spacial score (nSPS) is 30.6. The highest BCUT2D eigenvalue weighted by Crippen LogP contribution is 2.42. The molecule has 24 heavy (non-hydrogen) atoms. The molecule has 0 amide bonds. The van der Waals surface area contributed by atoms with E-state index in [1.54, 1.807) is 17.7 Å². The van der Waals surface area contributed by atoms with Gasteiger partial charge >= 0.3 is 0 Å². The second-order valence-corrected chi connectivity index (χ2v) is 5.77. The number of hydrogen-bond acceptors (Lipinski definition) is 9. The van der Waals surface area contributed by atoms with Crippen LogP contribution in [0.4, 0.5) is 5.82 Å². The monoisotopic (exact) mass is 336 g/mol. The van der Waals surface area contributed by atoms with Crippen molar-refractivity contribution in [1.29, 1.82) is 0 Å². The highest BCUT2D eigenvalue weighted by atomic mass is 16.6. The maximum Gasteiger partial charge on any atom is 0.167 e. The molecule has 0 aromatic carbocycles. The fourth-order valence-corrected chi connectivity index (χ4v) is 3.09. The molecule has 0 bridgehead atoms. The SMILES string of the molecule is CO[C@]1(C)[C@H](O)[C@@H](CO)O[C@H]1n1cc(/C=N/N)c2c(N)ncnc21. The number of aliphatic hydroxyl groups is 2. The largest absolute Gasteiger partial charge is 0.394 e. The zero-order valence-electron chi connectivity index (χ0n) is 13.3. The van der Waals surface area contributed by atoms with E-state index in [1.807, 2.05) is 0 Å². The molecule has 1 saturated heterocycles. The van der Waals surface area contributed by atoms with Crippen molar-refractivity contribution in [2.24, 2.45) is 10.9 Å². The Balaban J connectivity index is 2.21. The van der Waals surface area contributed by atoms with Crippen LogP contribution in [0.2, 0.25) is 0 Å². The van der Waals surface area contributed by atoms with Gasteiger partial charge in [-0.3, -0.25) is 0 Å². The van der Waals surface area contributed by atoms with E-state index in [1.165, 1.54) is 19.7 Å². The summed E-state index contributed by atoms with van der Waals surface area (Å²) in [5.74, 6) is 5.53. The van der Waals surface area contributed by atoms with Crippen LogP contribution >= 0.6 is 0 Å². The Morgan fingerprint density at radius 1 is 1.54 bits per heavy atom. The summed E-state index contributed by atoms with van der Waals surface area (Å²) in [7, 11) is 1.47. The standard InChI is InChI=1S/C14H20N6O4/c1-14(23-2)10(22)8(5-21)24-13(14)20-4-7(3-19-16)9-11(15)17-6-18-12(9)20/h3-4,6,8,10,13,21-22H,5,16H2,1-2H3,(H2,15,17,18)/b19-3+/t8-,10-,13-,14-/m1/s1. The number of nitrogens with two attached hydrogens (primary N) is 2. The number of hydrogen-bond donors (Lipinski definition) is 4. The van der Waals surface area contributed by atoms with Crippen LogP contribution in [0, 0.1) is 0 Å². The minimum atomic E-state index is -1.10. The number of methoxy groups -OCH3 is 1. The summed E-state index contributed by atoms with van der Waals surface area (Å²) >= 11 is 0. The van der Waals surface area contributed by atoms with Gasteiger partial charge in [-0.1, -0.05) is 0 Å². The van der Waals surface area contributed by atoms with Crippen molar-refractivity contribution >= 4 is 23.1 Å². The van der Waals surface area contributed by atoms with Gasteiger partial charge in [0.15, 0.2) is 6.23 Å². The molecule has 0 radical (unpaired) electrons. The molecule has 3 rings (SSSR count). The second kappa shape index (κ2) is 5.98. The smallest absolute Gasteiger partial charge is 0.167 e. The predicted molar refractivity (Wildman–Crippen MR) is 86.1 cm³/mol. The summed E-state index contributed by atoms with van der Waals surface area (Å²) in [5.41, 5.74) is 5.94. The maximum absolute atomic E-state index is 10.4.